The molecule has 0 amide bonds. The van der Waals surface area contributed by atoms with Crippen molar-refractivity contribution in [3.05, 3.63) is 0 Å². The van der Waals surface area contributed by atoms with Crippen LogP contribution in [-0.2, 0) is 11.8 Å². The highest BCUT2D eigenvalue weighted by atomic mass is 33.5. The van der Waals surface area contributed by atoms with Gasteiger partial charge in [-0.25, -0.2) is 0 Å². The highest BCUT2D eigenvalue weighted by Crippen LogP contribution is 3.34. The second-order valence-corrected chi connectivity index (χ2v) is 109. The molecule has 162 valence electrons. The fourth-order valence-corrected chi connectivity index (χ4v) is 324. The largest absolute Gasteiger partial charge is 0.102 e. The Morgan fingerprint density at radius 2 is 0.704 bits per heavy atom. The van der Waals surface area contributed by atoms with E-state index in [0.717, 1.165) is 0 Å². The molecule has 0 spiro atoms. The van der Waals surface area contributed by atoms with Crippen LogP contribution in [0.4, 0.5) is 0 Å². The summed E-state index contributed by atoms with van der Waals surface area (Å²) >= 11 is 5.95. The van der Waals surface area contributed by atoms with Crippen LogP contribution in [0, 0.1) is 0 Å². The van der Waals surface area contributed by atoms with Crippen molar-refractivity contribution >= 4 is 219 Å². The summed E-state index contributed by atoms with van der Waals surface area (Å²) in [5, 5.41) is 0. The molecule has 0 heterocycles. The molecular formula is H26P26S. The summed E-state index contributed by atoms with van der Waals surface area (Å²) in [4.78, 5) is 0. The van der Waals surface area contributed by atoms with Gasteiger partial charge in [0.05, 0.1) is 0 Å². The third-order valence-corrected chi connectivity index (χ3v) is 175. The van der Waals surface area contributed by atoms with Crippen LogP contribution < -0.4 is 0 Å². The first kappa shape index (κ1) is 38.3. The highest BCUT2D eigenvalue weighted by Gasteiger charge is 2.47. The van der Waals surface area contributed by atoms with E-state index in [2.05, 4.69) is 116 Å². The molecule has 0 nitrogen and oxygen atoms in total. The topological polar surface area (TPSA) is 0 Å². The molecular weight excluding hydrogens is 837 g/mol. The highest BCUT2D eigenvalue weighted by molar-refractivity contribution is 9.40. The van der Waals surface area contributed by atoms with Crippen LogP contribution in [0.2, 0.25) is 0 Å². The van der Waals surface area contributed by atoms with Gasteiger partial charge in [-0.05, 0) is 62.9 Å². The summed E-state index contributed by atoms with van der Waals surface area (Å²) in [6.07, 6.45) is 0. The zero-order valence-electron chi connectivity index (χ0n) is 13.7. The van der Waals surface area contributed by atoms with E-state index in [4.69, 9.17) is 11.8 Å². The van der Waals surface area contributed by atoms with Crippen LogP contribution in [0.25, 0.3) is 0 Å². The van der Waals surface area contributed by atoms with Crippen LogP contribution in [0.5, 0.6) is 0 Å². The summed E-state index contributed by atoms with van der Waals surface area (Å²) in [7, 11) is 43.0. The smallest absolute Gasteiger partial charge is 0.0291 e. The fraction of sp³-hybridized carbons (Fsp3) is 0. The third-order valence-electron chi connectivity index (χ3n) is 2.17. The summed E-state index contributed by atoms with van der Waals surface area (Å²) < 4.78 is 0. The summed E-state index contributed by atoms with van der Waals surface area (Å²) in [6, 6.07) is 0. The van der Waals surface area contributed by atoms with Crippen molar-refractivity contribution < 1.29 is 0 Å². The standard InChI is InChI=1S/H26P26S/c1-15(2)21(13)25(20(11)12)22(14-27)26(23(16(3)4)17(5)6)24(18(7)8)19(9)10/h1-13H2. The lowest BCUT2D eigenvalue weighted by atomic mass is 28.5. The summed E-state index contributed by atoms with van der Waals surface area (Å²) in [5.74, 6) is 0. The van der Waals surface area contributed by atoms with E-state index in [1.807, 2.05) is 0 Å². The molecule has 0 aliphatic heterocycles. The van der Waals surface area contributed by atoms with Crippen molar-refractivity contribution in [1.82, 2.24) is 0 Å². The van der Waals surface area contributed by atoms with Crippen molar-refractivity contribution in [3.63, 3.8) is 0 Å². The Balaban J connectivity index is 6.52. The maximum atomic E-state index is 5.95. The monoisotopic (exact) mass is 863 g/mol. The summed E-state index contributed by atoms with van der Waals surface area (Å²) in [5.41, 5.74) is 0. The predicted octanol–water partition coefficient (Wildman–Crippen LogP) is 15.4. The lowest BCUT2D eigenvalue weighted by molar-refractivity contribution is 4.46. The maximum absolute atomic E-state index is 5.95. The van der Waals surface area contributed by atoms with Crippen LogP contribution >= 0.6 is 207 Å². The Morgan fingerprint density at radius 1 is 0.407 bits per heavy atom. The SMILES string of the molecule is PP(P)P(P)P(P(P)P)P(P=S)P(P(P(P)P)P(P)P)P(P(P)P)P(P)P. The van der Waals surface area contributed by atoms with Crippen molar-refractivity contribution in [2.75, 3.05) is 0 Å². The van der Waals surface area contributed by atoms with Gasteiger partial charge in [0, 0.05) is 28.0 Å². The van der Waals surface area contributed by atoms with Crippen molar-refractivity contribution in [1.29, 1.82) is 0 Å². The summed E-state index contributed by atoms with van der Waals surface area (Å²) in [6.45, 7) is -0.450. The number of rotatable bonds is 12. The second kappa shape index (κ2) is 21.0. The van der Waals surface area contributed by atoms with Crippen LogP contribution in [-0.4, -0.2) is 0 Å². The van der Waals surface area contributed by atoms with Crippen molar-refractivity contribution in [2.45, 2.75) is 0 Å². The first-order valence-corrected chi connectivity index (χ1v) is 53.5. The lowest BCUT2D eigenvalue weighted by Gasteiger charge is -2.47. The molecule has 0 aromatic rings. The van der Waals surface area contributed by atoms with Gasteiger partial charge >= 0.3 is 0 Å². The van der Waals surface area contributed by atoms with Crippen LogP contribution in [0.15, 0.2) is 0 Å². The Kier molecular flexibility index (Phi) is 29.8. The molecule has 16 unspecified atom stereocenters. The molecule has 0 aromatic carbocycles. The van der Waals surface area contributed by atoms with Gasteiger partial charge in [0.1, 0.15) is 0 Å². The molecule has 27 heteroatoms. The molecule has 0 radical (unpaired) electrons. The zero-order chi connectivity index (χ0) is 21.6. The van der Waals surface area contributed by atoms with Gasteiger partial charge in [-0.3, -0.25) is 0 Å². The molecule has 0 rings (SSSR count). The minimum absolute atomic E-state index is 0.00167. The molecule has 0 fully saturated rings. The Morgan fingerprint density at radius 3 is 0.889 bits per heavy atom. The van der Waals surface area contributed by atoms with E-state index in [0.29, 0.717) is 0 Å². The van der Waals surface area contributed by atoms with E-state index in [9.17, 15) is 0 Å². The van der Waals surface area contributed by atoms with E-state index in [-0.39, 0.29) is 83.8 Å². The second-order valence-electron chi connectivity index (χ2n) is 4.02. The molecule has 0 saturated carbocycles. The fourth-order valence-electron chi connectivity index (χ4n) is 1.33. The number of hydrogen-bond donors (Lipinski definition) is 0. The molecule has 0 aromatic heterocycles. The molecule has 0 aliphatic rings. The average Bonchev–Trinajstić information content (AvgIpc) is 2.49. The van der Waals surface area contributed by atoms with E-state index < -0.39 is 0 Å². The van der Waals surface area contributed by atoms with Gasteiger partial charge < -0.3 is 0 Å². The van der Waals surface area contributed by atoms with Gasteiger partial charge in [-0.1, -0.05) is 11.8 Å². The predicted molar refractivity (Wildman–Crippen MR) is 224 cm³/mol. The molecule has 27 heavy (non-hydrogen) atoms. The van der Waals surface area contributed by atoms with E-state index >= 15 is 0 Å². The first-order valence-electron chi connectivity index (χ1n) is 5.94. The number of hydrogen-bond acceptors (Lipinski definition) is 1. The maximum Gasteiger partial charge on any atom is 0.0291 e. The first-order chi connectivity index (χ1) is 12.3. The van der Waals surface area contributed by atoms with E-state index in [1.54, 1.807) is 0 Å². The van der Waals surface area contributed by atoms with Gasteiger partial charge in [0.2, 0.25) is 0 Å². The van der Waals surface area contributed by atoms with Crippen LogP contribution in [0.3, 0.4) is 0 Å². The van der Waals surface area contributed by atoms with Gasteiger partial charge in [-0.15, -0.1) is 116 Å². The van der Waals surface area contributed by atoms with Crippen LogP contribution in [0.1, 0.15) is 0 Å². The average molecular weight is 864 g/mol. The minimum atomic E-state index is -0.0881. The van der Waals surface area contributed by atoms with Gasteiger partial charge in [0.25, 0.3) is 0 Å². The lowest BCUT2D eigenvalue weighted by Crippen LogP contribution is -1.60. The van der Waals surface area contributed by atoms with E-state index in [1.165, 1.54) is 7.04 Å². The molecule has 16 atom stereocenters. The molecule has 0 saturated heterocycles. The molecule has 0 aliphatic carbocycles. The van der Waals surface area contributed by atoms with Crippen molar-refractivity contribution in [3.8, 4) is 0 Å². The normalized spacial score (nSPS) is 17.1. The van der Waals surface area contributed by atoms with Gasteiger partial charge in [0.15, 0.2) is 0 Å². The quantitative estimate of drug-likeness (QED) is 0.176. The van der Waals surface area contributed by atoms with Crippen molar-refractivity contribution in [2.24, 2.45) is 0 Å². The van der Waals surface area contributed by atoms with Gasteiger partial charge in [-0.2, -0.15) is 0 Å². The third kappa shape index (κ3) is 14.1. The zero-order valence-corrected chi connectivity index (χ0v) is 41.2. The minimum Gasteiger partial charge on any atom is -0.102 e. The Hall–Kier alpha value is 11.3. The molecule has 0 N–H and O–H groups in total. The molecule has 0 bridgehead atoms. The Labute approximate surface area is 216 Å². The Bertz CT molecular complexity index is 368.